The third kappa shape index (κ3) is 2.60. The first-order valence-corrected chi connectivity index (χ1v) is 6.50. The van der Waals surface area contributed by atoms with Crippen LogP contribution in [0.15, 0.2) is 6.33 Å². The van der Waals surface area contributed by atoms with Crippen LogP contribution in [-0.2, 0) is 4.79 Å². The van der Waals surface area contributed by atoms with Crippen molar-refractivity contribution < 1.29 is 9.53 Å². The number of ether oxygens (including phenoxy) is 1. The van der Waals surface area contributed by atoms with Crippen molar-refractivity contribution in [3.05, 3.63) is 6.33 Å². The summed E-state index contributed by atoms with van der Waals surface area (Å²) < 4.78 is 5.34. The molecule has 0 saturated carbocycles. The van der Waals surface area contributed by atoms with E-state index in [0.29, 0.717) is 23.9 Å². The summed E-state index contributed by atoms with van der Waals surface area (Å²) in [4.78, 5) is 21.7. The van der Waals surface area contributed by atoms with Crippen LogP contribution in [0.5, 0.6) is 5.75 Å². The first kappa shape index (κ1) is 14.3. The number of carbonyl (C=O) groups is 1. The summed E-state index contributed by atoms with van der Waals surface area (Å²) in [6, 6.07) is 0.236. The van der Waals surface area contributed by atoms with Gasteiger partial charge in [-0.15, -0.1) is 0 Å². The van der Waals surface area contributed by atoms with Gasteiger partial charge in [-0.05, 0) is 19.8 Å². The monoisotopic (exact) mass is 280 g/mol. The van der Waals surface area contributed by atoms with E-state index >= 15 is 0 Å². The Kier molecular flexibility index (Phi) is 4.23. The first-order chi connectivity index (χ1) is 9.58. The Bertz CT molecular complexity index is 495. The van der Waals surface area contributed by atoms with Crippen LogP contribution < -0.4 is 26.6 Å². The standard InChI is InChI=1S/C12H20N6O2/c1-7-3-4-8(10(13)19)5-18(7)12-9(20-2)11(17-14)15-6-16-12/h6-8H,3-5,14H2,1-2H3,(H2,13,19)(H,15,16,17). The second-order valence-corrected chi connectivity index (χ2v) is 4.90. The molecule has 2 unspecified atom stereocenters. The van der Waals surface area contributed by atoms with Crippen LogP contribution in [0.2, 0.25) is 0 Å². The highest BCUT2D eigenvalue weighted by molar-refractivity contribution is 5.78. The fraction of sp³-hybridized carbons (Fsp3) is 0.583. The number of nitrogens with zero attached hydrogens (tertiary/aromatic N) is 3. The molecule has 1 aliphatic heterocycles. The molecule has 0 bridgehead atoms. The van der Waals surface area contributed by atoms with Crippen molar-refractivity contribution >= 4 is 17.5 Å². The number of hydrogen-bond donors (Lipinski definition) is 3. The quantitative estimate of drug-likeness (QED) is 0.518. The van der Waals surface area contributed by atoms with Crippen molar-refractivity contribution in [3.8, 4) is 5.75 Å². The molecule has 110 valence electrons. The number of methoxy groups -OCH3 is 1. The van der Waals surface area contributed by atoms with Crippen molar-refractivity contribution in [1.29, 1.82) is 0 Å². The average Bonchev–Trinajstić information content (AvgIpc) is 2.46. The molecule has 2 rings (SSSR count). The van der Waals surface area contributed by atoms with Gasteiger partial charge in [0.15, 0.2) is 11.6 Å². The maximum absolute atomic E-state index is 11.4. The smallest absolute Gasteiger partial charge is 0.222 e. The molecular weight excluding hydrogens is 260 g/mol. The predicted molar refractivity (Wildman–Crippen MR) is 75.1 cm³/mol. The van der Waals surface area contributed by atoms with Crippen molar-refractivity contribution in [3.63, 3.8) is 0 Å². The molecule has 0 aromatic carbocycles. The maximum Gasteiger partial charge on any atom is 0.222 e. The zero-order valence-corrected chi connectivity index (χ0v) is 11.7. The highest BCUT2D eigenvalue weighted by atomic mass is 16.5. The van der Waals surface area contributed by atoms with Gasteiger partial charge in [0.05, 0.1) is 13.0 Å². The van der Waals surface area contributed by atoms with Crippen LogP contribution in [0.25, 0.3) is 0 Å². The van der Waals surface area contributed by atoms with Crippen LogP contribution in [0, 0.1) is 5.92 Å². The first-order valence-electron chi connectivity index (χ1n) is 6.50. The Morgan fingerprint density at radius 3 is 2.85 bits per heavy atom. The van der Waals surface area contributed by atoms with E-state index in [2.05, 4.69) is 22.3 Å². The number of nitrogens with one attached hydrogen (secondary N) is 1. The fourth-order valence-electron chi connectivity index (χ4n) is 2.49. The normalized spacial score (nSPS) is 22.4. The number of amides is 1. The minimum absolute atomic E-state index is 0.180. The molecule has 0 spiro atoms. The molecule has 1 aromatic heterocycles. The summed E-state index contributed by atoms with van der Waals surface area (Å²) in [6.07, 6.45) is 3.07. The molecule has 0 radical (unpaired) electrons. The lowest BCUT2D eigenvalue weighted by atomic mass is 9.93. The van der Waals surface area contributed by atoms with Gasteiger partial charge in [0, 0.05) is 12.6 Å². The van der Waals surface area contributed by atoms with Crippen molar-refractivity contribution in [2.24, 2.45) is 17.5 Å². The lowest BCUT2D eigenvalue weighted by molar-refractivity contribution is -0.122. The molecule has 2 heterocycles. The molecule has 8 heteroatoms. The van der Waals surface area contributed by atoms with E-state index in [9.17, 15) is 4.79 Å². The van der Waals surface area contributed by atoms with Crippen molar-refractivity contribution in [1.82, 2.24) is 9.97 Å². The second kappa shape index (κ2) is 5.91. The molecule has 1 fully saturated rings. The number of primary amides is 1. The molecule has 1 aliphatic rings. The van der Waals surface area contributed by atoms with Gasteiger partial charge in [0.25, 0.3) is 0 Å². The fourth-order valence-corrected chi connectivity index (χ4v) is 2.49. The van der Waals surface area contributed by atoms with E-state index in [1.54, 1.807) is 0 Å². The summed E-state index contributed by atoms with van der Waals surface area (Å²) in [7, 11) is 1.53. The lowest BCUT2D eigenvalue weighted by Crippen LogP contribution is -2.46. The third-order valence-electron chi connectivity index (χ3n) is 3.68. The Morgan fingerprint density at radius 1 is 1.50 bits per heavy atom. The minimum Gasteiger partial charge on any atom is -0.490 e. The van der Waals surface area contributed by atoms with Crippen LogP contribution in [0.1, 0.15) is 19.8 Å². The summed E-state index contributed by atoms with van der Waals surface area (Å²) in [5.41, 5.74) is 7.90. The number of hydrogen-bond acceptors (Lipinski definition) is 7. The minimum atomic E-state index is -0.285. The average molecular weight is 280 g/mol. The Morgan fingerprint density at radius 2 is 2.25 bits per heavy atom. The number of nitrogens with two attached hydrogens (primary N) is 2. The van der Waals surface area contributed by atoms with Gasteiger partial charge in [0.2, 0.25) is 11.7 Å². The zero-order valence-electron chi connectivity index (χ0n) is 11.7. The van der Waals surface area contributed by atoms with E-state index in [4.69, 9.17) is 16.3 Å². The second-order valence-electron chi connectivity index (χ2n) is 4.90. The number of hydrazine groups is 1. The number of piperidine rings is 1. The van der Waals surface area contributed by atoms with E-state index in [-0.39, 0.29) is 17.9 Å². The molecule has 20 heavy (non-hydrogen) atoms. The van der Waals surface area contributed by atoms with E-state index in [0.717, 1.165) is 12.8 Å². The number of aromatic nitrogens is 2. The Hall–Kier alpha value is -2.09. The lowest BCUT2D eigenvalue weighted by Gasteiger charge is -2.38. The zero-order chi connectivity index (χ0) is 14.7. The highest BCUT2D eigenvalue weighted by Gasteiger charge is 2.31. The van der Waals surface area contributed by atoms with Crippen LogP contribution in [0.3, 0.4) is 0 Å². The van der Waals surface area contributed by atoms with E-state index < -0.39 is 0 Å². The number of anilines is 2. The highest BCUT2D eigenvalue weighted by Crippen LogP contribution is 2.35. The molecule has 1 amide bonds. The molecule has 1 saturated heterocycles. The van der Waals surface area contributed by atoms with E-state index in [1.807, 2.05) is 4.90 Å². The summed E-state index contributed by atoms with van der Waals surface area (Å²) >= 11 is 0. The van der Waals surface area contributed by atoms with Gasteiger partial charge in [-0.25, -0.2) is 15.8 Å². The van der Waals surface area contributed by atoms with Crippen molar-refractivity contribution in [2.75, 3.05) is 24.0 Å². The van der Waals surface area contributed by atoms with Gasteiger partial charge in [-0.2, -0.15) is 0 Å². The Balaban J connectivity index is 2.35. The molecule has 8 nitrogen and oxygen atoms in total. The summed E-state index contributed by atoms with van der Waals surface area (Å²) in [5, 5.41) is 0. The van der Waals surface area contributed by atoms with E-state index in [1.165, 1.54) is 13.4 Å². The predicted octanol–water partition coefficient (Wildman–Crippen LogP) is -0.139. The Labute approximate surface area is 117 Å². The molecule has 5 N–H and O–H groups in total. The molecule has 2 atom stereocenters. The van der Waals surface area contributed by atoms with Gasteiger partial charge in [-0.3, -0.25) is 4.79 Å². The summed E-state index contributed by atoms with van der Waals surface area (Å²) in [5.74, 6) is 6.45. The number of carbonyl (C=O) groups excluding carboxylic acids is 1. The van der Waals surface area contributed by atoms with Gasteiger partial charge >= 0.3 is 0 Å². The summed E-state index contributed by atoms with van der Waals surface area (Å²) in [6.45, 7) is 2.60. The van der Waals surface area contributed by atoms with Crippen molar-refractivity contribution in [2.45, 2.75) is 25.8 Å². The van der Waals surface area contributed by atoms with Gasteiger partial charge in [-0.1, -0.05) is 0 Å². The van der Waals surface area contributed by atoms with Gasteiger partial charge < -0.3 is 20.8 Å². The van der Waals surface area contributed by atoms with Gasteiger partial charge in [0.1, 0.15) is 6.33 Å². The topological polar surface area (TPSA) is 119 Å². The molecule has 0 aliphatic carbocycles. The largest absolute Gasteiger partial charge is 0.490 e. The SMILES string of the molecule is COc1c(NN)ncnc1N1CC(C(N)=O)CCC1C. The molecule has 1 aromatic rings. The molecular formula is C12H20N6O2. The van der Waals surface area contributed by atoms with Crippen LogP contribution in [-0.4, -0.2) is 35.6 Å². The maximum atomic E-state index is 11.4. The number of nitrogen functional groups attached to an aromatic ring is 1. The third-order valence-corrected chi connectivity index (χ3v) is 3.68. The van der Waals surface area contributed by atoms with Crippen LogP contribution in [0.4, 0.5) is 11.6 Å². The number of rotatable bonds is 4. The van der Waals surface area contributed by atoms with Crippen LogP contribution >= 0.6 is 0 Å².